The summed E-state index contributed by atoms with van der Waals surface area (Å²) in [6.45, 7) is 9.06. The Morgan fingerprint density at radius 1 is 1.40 bits per heavy atom. The van der Waals surface area contributed by atoms with Crippen molar-refractivity contribution in [2.24, 2.45) is 11.8 Å². The molecule has 0 aromatic carbocycles. The molecule has 0 nitrogen and oxygen atoms in total. The van der Waals surface area contributed by atoms with Gasteiger partial charge >= 0.3 is 0 Å². The molecular formula is C13H19ClS. The Morgan fingerprint density at radius 2 is 2.00 bits per heavy atom. The van der Waals surface area contributed by atoms with Gasteiger partial charge in [0, 0.05) is 9.75 Å². The van der Waals surface area contributed by atoms with Crippen molar-refractivity contribution in [2.45, 2.75) is 44.9 Å². The second-order valence-electron chi connectivity index (χ2n) is 5.73. The SMILES string of the molecule is CC1CC1C(Cl)c1ccc(C(C)(C)C)s1. The summed E-state index contributed by atoms with van der Waals surface area (Å²) in [7, 11) is 0. The zero-order valence-electron chi connectivity index (χ0n) is 9.88. The molecule has 1 aromatic heterocycles. The quantitative estimate of drug-likeness (QED) is 0.642. The topological polar surface area (TPSA) is 0 Å². The third kappa shape index (κ3) is 2.39. The molecule has 0 bridgehead atoms. The highest BCUT2D eigenvalue weighted by Gasteiger charge is 2.40. The lowest BCUT2D eigenvalue weighted by Gasteiger charge is -2.15. The van der Waals surface area contributed by atoms with Crippen molar-refractivity contribution < 1.29 is 0 Å². The summed E-state index contributed by atoms with van der Waals surface area (Å²) in [5.74, 6) is 1.55. The fraction of sp³-hybridized carbons (Fsp3) is 0.692. The molecule has 0 spiro atoms. The Kier molecular flexibility index (Phi) is 2.89. The van der Waals surface area contributed by atoms with Crippen LogP contribution in [0.5, 0.6) is 0 Å². The summed E-state index contributed by atoms with van der Waals surface area (Å²) in [6.07, 6.45) is 1.30. The minimum Gasteiger partial charge on any atom is -0.143 e. The van der Waals surface area contributed by atoms with Crippen molar-refractivity contribution >= 4 is 22.9 Å². The minimum absolute atomic E-state index is 0.251. The van der Waals surface area contributed by atoms with Gasteiger partial charge in [-0.2, -0.15) is 0 Å². The predicted octanol–water partition coefficient (Wildman–Crippen LogP) is 4.98. The number of hydrogen-bond acceptors (Lipinski definition) is 1. The maximum Gasteiger partial charge on any atom is 0.0709 e. The first kappa shape index (κ1) is 11.5. The van der Waals surface area contributed by atoms with Gasteiger partial charge in [0.25, 0.3) is 0 Å². The molecule has 0 saturated heterocycles. The number of thiophene rings is 1. The number of rotatable bonds is 2. The summed E-state index contributed by atoms with van der Waals surface area (Å²) >= 11 is 8.36. The van der Waals surface area contributed by atoms with Crippen LogP contribution in [0.1, 0.15) is 49.2 Å². The predicted molar refractivity (Wildman–Crippen MR) is 68.9 cm³/mol. The minimum atomic E-state index is 0.251. The van der Waals surface area contributed by atoms with E-state index in [2.05, 4.69) is 39.8 Å². The van der Waals surface area contributed by atoms with Crippen LogP contribution in [0, 0.1) is 11.8 Å². The molecule has 1 aliphatic rings. The van der Waals surface area contributed by atoms with Gasteiger partial charge in [-0.3, -0.25) is 0 Å². The summed E-state index contributed by atoms with van der Waals surface area (Å²) < 4.78 is 0. The van der Waals surface area contributed by atoms with E-state index in [1.54, 1.807) is 0 Å². The van der Waals surface area contributed by atoms with Gasteiger partial charge in [0.05, 0.1) is 5.38 Å². The van der Waals surface area contributed by atoms with Crippen LogP contribution in [0.25, 0.3) is 0 Å². The Bertz CT molecular complexity index is 348. The first-order chi connectivity index (χ1) is 6.89. The summed E-state index contributed by atoms with van der Waals surface area (Å²) in [5.41, 5.74) is 0.259. The Hall–Kier alpha value is -0.0100. The van der Waals surface area contributed by atoms with Crippen molar-refractivity contribution in [3.05, 3.63) is 21.9 Å². The van der Waals surface area contributed by atoms with E-state index in [1.807, 2.05) is 11.3 Å². The standard InChI is InChI=1S/C13H19ClS/c1-8-7-9(8)12(14)10-5-6-11(15-10)13(2,3)4/h5-6,8-9,12H,7H2,1-4H3. The van der Waals surface area contributed by atoms with Crippen molar-refractivity contribution in [1.82, 2.24) is 0 Å². The van der Waals surface area contributed by atoms with E-state index in [1.165, 1.54) is 16.2 Å². The average Bonchev–Trinajstić information content (AvgIpc) is 2.68. The molecule has 1 fully saturated rings. The smallest absolute Gasteiger partial charge is 0.0709 e. The van der Waals surface area contributed by atoms with Gasteiger partial charge in [0.15, 0.2) is 0 Å². The van der Waals surface area contributed by atoms with E-state index in [4.69, 9.17) is 11.6 Å². The van der Waals surface area contributed by atoms with Gasteiger partial charge in [0.2, 0.25) is 0 Å². The molecule has 1 saturated carbocycles. The molecule has 0 amide bonds. The van der Waals surface area contributed by atoms with Gasteiger partial charge in [0.1, 0.15) is 0 Å². The Morgan fingerprint density at radius 3 is 2.40 bits per heavy atom. The van der Waals surface area contributed by atoms with Gasteiger partial charge in [-0.1, -0.05) is 27.7 Å². The van der Waals surface area contributed by atoms with E-state index >= 15 is 0 Å². The first-order valence-electron chi connectivity index (χ1n) is 5.64. The molecule has 1 aromatic rings. The molecule has 15 heavy (non-hydrogen) atoms. The highest BCUT2D eigenvalue weighted by atomic mass is 35.5. The van der Waals surface area contributed by atoms with Crippen LogP contribution in [-0.4, -0.2) is 0 Å². The fourth-order valence-electron chi connectivity index (χ4n) is 1.87. The molecule has 0 aliphatic heterocycles. The van der Waals surface area contributed by atoms with Crippen LogP contribution in [0.2, 0.25) is 0 Å². The van der Waals surface area contributed by atoms with Crippen LogP contribution in [-0.2, 0) is 5.41 Å². The second-order valence-corrected chi connectivity index (χ2v) is 7.32. The summed E-state index contributed by atoms with van der Waals surface area (Å²) in [5, 5.41) is 0.251. The lowest BCUT2D eigenvalue weighted by atomic mass is 9.95. The third-order valence-electron chi connectivity index (χ3n) is 3.19. The number of halogens is 1. The molecule has 1 aliphatic carbocycles. The normalized spacial score (nSPS) is 27.8. The van der Waals surface area contributed by atoms with E-state index in [9.17, 15) is 0 Å². The van der Waals surface area contributed by atoms with E-state index < -0.39 is 0 Å². The van der Waals surface area contributed by atoms with Crippen LogP contribution in [0.3, 0.4) is 0 Å². The van der Waals surface area contributed by atoms with Crippen LogP contribution in [0.15, 0.2) is 12.1 Å². The Balaban J connectivity index is 2.13. The van der Waals surface area contributed by atoms with Crippen molar-refractivity contribution in [3.8, 4) is 0 Å². The second kappa shape index (κ2) is 3.78. The highest BCUT2D eigenvalue weighted by Crippen LogP contribution is 2.51. The van der Waals surface area contributed by atoms with Gasteiger partial charge in [-0.05, 0) is 35.8 Å². The largest absolute Gasteiger partial charge is 0.143 e. The van der Waals surface area contributed by atoms with Crippen molar-refractivity contribution in [2.75, 3.05) is 0 Å². The number of alkyl halides is 1. The molecular weight excluding hydrogens is 224 g/mol. The zero-order chi connectivity index (χ0) is 11.2. The van der Waals surface area contributed by atoms with Crippen LogP contribution in [0.4, 0.5) is 0 Å². The molecule has 0 radical (unpaired) electrons. The summed E-state index contributed by atoms with van der Waals surface area (Å²) in [6, 6.07) is 4.45. The van der Waals surface area contributed by atoms with Crippen molar-refractivity contribution in [3.63, 3.8) is 0 Å². The molecule has 2 rings (SSSR count). The molecule has 1 heterocycles. The van der Waals surface area contributed by atoms with E-state index in [-0.39, 0.29) is 10.8 Å². The van der Waals surface area contributed by atoms with Gasteiger partial charge < -0.3 is 0 Å². The lowest BCUT2D eigenvalue weighted by molar-refractivity contribution is 0.604. The first-order valence-corrected chi connectivity index (χ1v) is 6.89. The molecule has 84 valence electrons. The van der Waals surface area contributed by atoms with Gasteiger partial charge in [-0.25, -0.2) is 0 Å². The molecule has 0 N–H and O–H groups in total. The maximum absolute atomic E-state index is 6.47. The molecule has 3 atom stereocenters. The van der Waals surface area contributed by atoms with Crippen molar-refractivity contribution in [1.29, 1.82) is 0 Å². The maximum atomic E-state index is 6.47. The lowest BCUT2D eigenvalue weighted by Crippen LogP contribution is -2.07. The van der Waals surface area contributed by atoms with E-state index in [0.717, 1.165) is 11.8 Å². The monoisotopic (exact) mass is 242 g/mol. The van der Waals surface area contributed by atoms with Gasteiger partial charge in [-0.15, -0.1) is 22.9 Å². The zero-order valence-corrected chi connectivity index (χ0v) is 11.5. The number of hydrogen-bond donors (Lipinski definition) is 0. The average molecular weight is 243 g/mol. The Labute approximate surface area is 102 Å². The van der Waals surface area contributed by atoms with Crippen LogP contribution >= 0.6 is 22.9 Å². The molecule has 2 heteroatoms. The summed E-state index contributed by atoms with van der Waals surface area (Å²) in [4.78, 5) is 2.80. The van der Waals surface area contributed by atoms with E-state index in [0.29, 0.717) is 0 Å². The molecule has 3 unspecified atom stereocenters. The highest BCUT2D eigenvalue weighted by molar-refractivity contribution is 7.12. The van der Waals surface area contributed by atoms with Crippen LogP contribution < -0.4 is 0 Å². The fourth-order valence-corrected chi connectivity index (χ4v) is 3.55. The third-order valence-corrected chi connectivity index (χ3v) is 5.47.